The van der Waals surface area contributed by atoms with Crippen molar-refractivity contribution >= 4 is 17.5 Å². The van der Waals surface area contributed by atoms with Gasteiger partial charge in [-0.1, -0.05) is 42.5 Å². The number of phenols is 1. The molecule has 4 rings (SSSR count). The lowest BCUT2D eigenvalue weighted by Crippen LogP contribution is -2.43. The van der Waals surface area contributed by atoms with Crippen molar-refractivity contribution in [2.75, 3.05) is 11.9 Å². The molecule has 8 heteroatoms. The molecule has 1 unspecified atom stereocenters. The summed E-state index contributed by atoms with van der Waals surface area (Å²) in [6.45, 7) is 1.85. The number of benzene rings is 2. The Kier molecular flexibility index (Phi) is 5.44. The summed E-state index contributed by atoms with van der Waals surface area (Å²) < 4.78 is 7.73. The topological polar surface area (TPSA) is 103 Å². The van der Waals surface area contributed by atoms with E-state index in [4.69, 9.17) is 4.74 Å². The zero-order valence-corrected chi connectivity index (χ0v) is 18.0. The van der Waals surface area contributed by atoms with Gasteiger partial charge in [0.2, 0.25) is 0 Å². The molecule has 8 nitrogen and oxygen atoms in total. The minimum absolute atomic E-state index is 0.00584. The maximum atomic E-state index is 13.3. The second kappa shape index (κ2) is 8.22. The van der Waals surface area contributed by atoms with Crippen molar-refractivity contribution in [3.05, 3.63) is 97.7 Å². The molecule has 0 fully saturated rings. The van der Waals surface area contributed by atoms with Crippen molar-refractivity contribution in [2.24, 2.45) is 14.1 Å². The van der Waals surface area contributed by atoms with Gasteiger partial charge in [0.05, 0.1) is 29.4 Å². The van der Waals surface area contributed by atoms with E-state index < -0.39 is 23.1 Å². The van der Waals surface area contributed by atoms with E-state index in [2.05, 4.69) is 5.32 Å². The van der Waals surface area contributed by atoms with Crippen LogP contribution in [0.3, 0.4) is 0 Å². The average molecular weight is 433 g/mol. The normalized spacial score (nSPS) is 15.2. The maximum Gasteiger partial charge on any atom is 0.337 e. The van der Waals surface area contributed by atoms with Gasteiger partial charge >= 0.3 is 11.7 Å². The second-order valence-corrected chi connectivity index (χ2v) is 7.50. The average Bonchev–Trinajstić information content (AvgIpc) is 2.80. The van der Waals surface area contributed by atoms with E-state index in [0.717, 1.165) is 4.57 Å². The third-order valence-corrected chi connectivity index (χ3v) is 5.55. The number of hydrogen-bond acceptors (Lipinski definition) is 6. The molecule has 0 spiro atoms. The minimum Gasteiger partial charge on any atom is -0.508 e. The standard InChI is InChI=1S/C24H23N3O5/c1-4-32-23(30)18-17(15-11-8-12-16(28)13-15)19-21(26(2)24(31)27(3)22(19)29)25-20(18)14-9-6-5-7-10-14/h5-13,17,25,28H,4H2,1-3H3. The number of carbonyl (C=O) groups excluding carboxylic acids is 1. The number of hydrogen-bond donors (Lipinski definition) is 2. The summed E-state index contributed by atoms with van der Waals surface area (Å²) in [5.74, 6) is -1.17. The molecule has 32 heavy (non-hydrogen) atoms. The van der Waals surface area contributed by atoms with E-state index in [1.165, 1.54) is 23.7 Å². The first-order valence-electron chi connectivity index (χ1n) is 10.2. The number of nitrogens with zero attached hydrogens (tertiary/aromatic N) is 2. The molecule has 0 radical (unpaired) electrons. The van der Waals surface area contributed by atoms with Crippen molar-refractivity contribution in [1.82, 2.24) is 9.13 Å². The number of carbonyl (C=O) groups is 1. The summed E-state index contributed by atoms with van der Waals surface area (Å²) in [5.41, 5.74) is 1.09. The quantitative estimate of drug-likeness (QED) is 0.613. The van der Waals surface area contributed by atoms with Gasteiger partial charge in [-0.3, -0.25) is 13.9 Å². The van der Waals surface area contributed by atoms with Gasteiger partial charge in [0, 0.05) is 14.1 Å². The van der Waals surface area contributed by atoms with Gasteiger partial charge in [0.25, 0.3) is 5.56 Å². The van der Waals surface area contributed by atoms with Crippen LogP contribution in [0.25, 0.3) is 5.70 Å². The number of aromatic nitrogens is 2. The molecule has 2 heterocycles. The van der Waals surface area contributed by atoms with Crippen molar-refractivity contribution in [3.8, 4) is 5.75 Å². The summed E-state index contributed by atoms with van der Waals surface area (Å²) in [6, 6.07) is 15.5. The van der Waals surface area contributed by atoms with Gasteiger partial charge in [-0.2, -0.15) is 0 Å². The number of aromatic hydroxyl groups is 1. The fourth-order valence-electron chi connectivity index (χ4n) is 4.05. The third kappa shape index (κ3) is 3.39. The van der Waals surface area contributed by atoms with E-state index in [1.807, 2.05) is 30.3 Å². The van der Waals surface area contributed by atoms with Crippen molar-refractivity contribution < 1.29 is 14.6 Å². The van der Waals surface area contributed by atoms with Gasteiger partial charge in [-0.25, -0.2) is 9.59 Å². The van der Waals surface area contributed by atoms with E-state index in [9.17, 15) is 19.5 Å². The first-order valence-corrected chi connectivity index (χ1v) is 10.2. The molecule has 0 saturated carbocycles. The Labute approximate surface area is 184 Å². The summed E-state index contributed by atoms with van der Waals surface area (Å²) in [5, 5.41) is 13.3. The predicted octanol–water partition coefficient (Wildman–Crippen LogP) is 2.32. The first-order chi connectivity index (χ1) is 15.3. The number of anilines is 1. The van der Waals surface area contributed by atoms with Gasteiger partial charge in [-0.15, -0.1) is 0 Å². The summed E-state index contributed by atoms with van der Waals surface area (Å²) in [7, 11) is 2.95. The Balaban J connectivity index is 2.14. The highest BCUT2D eigenvalue weighted by molar-refractivity contribution is 6.04. The molecule has 1 aromatic heterocycles. The summed E-state index contributed by atoms with van der Waals surface area (Å²) >= 11 is 0. The van der Waals surface area contributed by atoms with Crippen molar-refractivity contribution in [1.29, 1.82) is 0 Å². The molecule has 0 bridgehead atoms. The number of rotatable bonds is 4. The largest absolute Gasteiger partial charge is 0.508 e. The van der Waals surface area contributed by atoms with Crippen LogP contribution in [0.4, 0.5) is 5.82 Å². The lowest BCUT2D eigenvalue weighted by molar-refractivity contribution is -0.138. The molecule has 2 N–H and O–H groups in total. The van der Waals surface area contributed by atoms with Gasteiger partial charge in [0.1, 0.15) is 11.6 Å². The van der Waals surface area contributed by atoms with Gasteiger partial charge in [0.15, 0.2) is 0 Å². The Hall–Kier alpha value is -4.07. The van der Waals surface area contributed by atoms with E-state index in [1.54, 1.807) is 26.1 Å². The van der Waals surface area contributed by atoms with Crippen molar-refractivity contribution in [3.63, 3.8) is 0 Å². The zero-order valence-electron chi connectivity index (χ0n) is 18.0. The second-order valence-electron chi connectivity index (χ2n) is 7.50. The molecule has 1 aliphatic rings. The van der Waals surface area contributed by atoms with Crippen LogP contribution in [0.1, 0.15) is 29.5 Å². The molecular formula is C24H23N3O5. The van der Waals surface area contributed by atoms with Crippen LogP contribution in [0.15, 0.2) is 69.8 Å². The molecule has 3 aromatic rings. The number of esters is 1. The van der Waals surface area contributed by atoms with Gasteiger partial charge in [-0.05, 0) is 30.2 Å². The van der Waals surface area contributed by atoms with E-state index >= 15 is 0 Å². The monoisotopic (exact) mass is 433 g/mol. The fraction of sp³-hybridized carbons (Fsp3) is 0.208. The number of ether oxygens (including phenoxy) is 1. The molecule has 0 aliphatic carbocycles. The van der Waals surface area contributed by atoms with E-state index in [0.29, 0.717) is 22.6 Å². The van der Waals surface area contributed by atoms with Crippen LogP contribution in [0.5, 0.6) is 5.75 Å². The molecule has 1 atom stereocenters. The molecular weight excluding hydrogens is 410 g/mol. The SMILES string of the molecule is CCOC(=O)C1=C(c2ccccc2)Nc2c(c(=O)n(C)c(=O)n2C)C1c1cccc(O)c1. The highest BCUT2D eigenvalue weighted by Gasteiger charge is 2.39. The van der Waals surface area contributed by atoms with Crippen LogP contribution in [-0.2, 0) is 23.6 Å². The van der Waals surface area contributed by atoms with Crippen LogP contribution in [-0.4, -0.2) is 26.8 Å². The highest BCUT2D eigenvalue weighted by atomic mass is 16.5. The number of nitrogens with one attached hydrogen (secondary N) is 1. The van der Waals surface area contributed by atoms with Crippen molar-refractivity contribution in [2.45, 2.75) is 12.8 Å². The Morgan fingerprint density at radius 1 is 1.06 bits per heavy atom. The number of phenolic OH excluding ortho intramolecular Hbond substituents is 1. The summed E-state index contributed by atoms with van der Waals surface area (Å²) in [4.78, 5) is 39.2. The fourth-order valence-corrected chi connectivity index (χ4v) is 4.05. The smallest absolute Gasteiger partial charge is 0.337 e. The molecule has 1 aliphatic heterocycles. The third-order valence-electron chi connectivity index (χ3n) is 5.55. The summed E-state index contributed by atoms with van der Waals surface area (Å²) in [6.07, 6.45) is 0. The van der Waals surface area contributed by atoms with Gasteiger partial charge < -0.3 is 15.2 Å². The predicted molar refractivity (Wildman–Crippen MR) is 120 cm³/mol. The lowest BCUT2D eigenvalue weighted by atomic mass is 9.80. The minimum atomic E-state index is -0.863. The zero-order chi connectivity index (χ0) is 23.0. The Morgan fingerprint density at radius 2 is 1.78 bits per heavy atom. The van der Waals surface area contributed by atoms with E-state index in [-0.39, 0.29) is 23.5 Å². The highest BCUT2D eigenvalue weighted by Crippen LogP contribution is 2.43. The molecule has 164 valence electrons. The van der Waals surface area contributed by atoms with Crippen LogP contribution < -0.4 is 16.6 Å². The maximum absolute atomic E-state index is 13.3. The van der Waals surface area contributed by atoms with Crippen LogP contribution in [0, 0.1) is 0 Å². The number of fused-ring (bicyclic) bond motifs is 1. The first kappa shape index (κ1) is 21.2. The Morgan fingerprint density at radius 3 is 2.44 bits per heavy atom. The molecule has 0 amide bonds. The molecule has 0 saturated heterocycles. The van der Waals surface area contributed by atoms with Crippen LogP contribution >= 0.6 is 0 Å². The lowest BCUT2D eigenvalue weighted by Gasteiger charge is -2.32. The molecule has 2 aromatic carbocycles. The Bertz CT molecular complexity index is 1350. The van der Waals surface area contributed by atoms with Crippen LogP contribution in [0.2, 0.25) is 0 Å².